The Morgan fingerprint density at radius 2 is 1.30 bits per heavy atom. The second-order valence-corrected chi connectivity index (χ2v) is 7.89. The second kappa shape index (κ2) is 7.16. The largest absolute Gasteiger partial charge is 0.416 e. The third-order valence-corrected chi connectivity index (χ3v) is 4.91. The van der Waals surface area contributed by atoms with Crippen molar-refractivity contribution in [3.05, 3.63) is 54.1 Å². The first-order chi connectivity index (χ1) is 13.0. The van der Waals surface area contributed by atoms with Gasteiger partial charge in [0, 0.05) is 29.9 Å². The fraction of sp³-hybridized carbons (Fsp3) is 0.364. The van der Waals surface area contributed by atoms with Gasteiger partial charge >= 0.3 is 0 Å². The molecule has 3 aromatic rings. The van der Waals surface area contributed by atoms with Crippen LogP contribution in [0.4, 0.5) is 5.69 Å². The van der Waals surface area contributed by atoms with Crippen LogP contribution in [-0.4, -0.2) is 36.5 Å². The van der Waals surface area contributed by atoms with Gasteiger partial charge in [0.1, 0.15) is 0 Å². The fourth-order valence-corrected chi connectivity index (χ4v) is 3.21. The molecule has 1 aromatic heterocycles. The molecule has 2 heterocycles. The van der Waals surface area contributed by atoms with Crippen LogP contribution in [0.5, 0.6) is 0 Å². The Morgan fingerprint density at radius 1 is 0.778 bits per heavy atom. The van der Waals surface area contributed by atoms with Gasteiger partial charge in [-0.15, -0.1) is 10.2 Å². The van der Waals surface area contributed by atoms with E-state index in [1.807, 2.05) is 24.3 Å². The standard InChI is InChI=1S/C22H25N3O2/c1-22(2,3)18-8-4-16(5-9-18)20-23-24-21(27-20)17-6-10-19(11-7-17)25-12-14-26-15-13-25/h4-11H,12-15H2,1-3H3. The lowest BCUT2D eigenvalue weighted by atomic mass is 9.87. The maximum Gasteiger partial charge on any atom is 0.248 e. The number of hydrogen-bond acceptors (Lipinski definition) is 5. The molecular formula is C22H25N3O2. The highest BCUT2D eigenvalue weighted by Gasteiger charge is 2.16. The zero-order valence-electron chi connectivity index (χ0n) is 16.1. The van der Waals surface area contributed by atoms with Crippen LogP contribution in [0, 0.1) is 0 Å². The van der Waals surface area contributed by atoms with E-state index in [-0.39, 0.29) is 5.41 Å². The monoisotopic (exact) mass is 363 g/mol. The highest BCUT2D eigenvalue weighted by atomic mass is 16.5. The number of nitrogens with zero attached hydrogens (tertiary/aromatic N) is 3. The van der Waals surface area contributed by atoms with Crippen LogP contribution in [0.1, 0.15) is 26.3 Å². The van der Waals surface area contributed by atoms with E-state index in [0.717, 1.165) is 37.4 Å². The molecule has 0 aliphatic carbocycles. The third-order valence-electron chi connectivity index (χ3n) is 4.91. The molecule has 1 saturated heterocycles. The molecule has 0 bridgehead atoms. The van der Waals surface area contributed by atoms with Crippen molar-refractivity contribution in [3.8, 4) is 22.9 Å². The normalized spacial score (nSPS) is 15.1. The predicted molar refractivity (Wildman–Crippen MR) is 107 cm³/mol. The minimum atomic E-state index is 0.126. The fourth-order valence-electron chi connectivity index (χ4n) is 3.21. The number of hydrogen-bond donors (Lipinski definition) is 0. The summed E-state index contributed by atoms with van der Waals surface area (Å²) in [5.74, 6) is 1.08. The van der Waals surface area contributed by atoms with Crippen LogP contribution < -0.4 is 4.90 Å². The van der Waals surface area contributed by atoms with E-state index in [0.29, 0.717) is 11.8 Å². The van der Waals surface area contributed by atoms with Gasteiger partial charge in [-0.2, -0.15) is 0 Å². The molecule has 5 nitrogen and oxygen atoms in total. The van der Waals surface area contributed by atoms with Gasteiger partial charge in [-0.05, 0) is 47.4 Å². The lowest BCUT2D eigenvalue weighted by Gasteiger charge is -2.28. The highest BCUT2D eigenvalue weighted by molar-refractivity contribution is 5.61. The van der Waals surface area contributed by atoms with Gasteiger partial charge in [-0.1, -0.05) is 32.9 Å². The molecule has 2 aromatic carbocycles. The molecular weight excluding hydrogens is 338 g/mol. The molecule has 0 spiro atoms. The van der Waals surface area contributed by atoms with Crippen molar-refractivity contribution in [2.45, 2.75) is 26.2 Å². The van der Waals surface area contributed by atoms with E-state index in [4.69, 9.17) is 9.15 Å². The van der Waals surface area contributed by atoms with E-state index in [9.17, 15) is 0 Å². The zero-order valence-corrected chi connectivity index (χ0v) is 16.1. The molecule has 140 valence electrons. The van der Waals surface area contributed by atoms with Gasteiger partial charge in [-0.3, -0.25) is 0 Å². The van der Waals surface area contributed by atoms with Gasteiger partial charge in [0.25, 0.3) is 0 Å². The Balaban J connectivity index is 1.52. The molecule has 0 amide bonds. The van der Waals surface area contributed by atoms with E-state index in [1.54, 1.807) is 0 Å². The number of rotatable bonds is 3. The molecule has 1 aliphatic heterocycles. The maximum atomic E-state index is 5.91. The Hall–Kier alpha value is -2.66. The van der Waals surface area contributed by atoms with E-state index < -0.39 is 0 Å². The average Bonchev–Trinajstić information content (AvgIpc) is 3.18. The quantitative estimate of drug-likeness (QED) is 0.684. The maximum absolute atomic E-state index is 5.91. The Morgan fingerprint density at radius 3 is 1.81 bits per heavy atom. The Kier molecular flexibility index (Phi) is 4.70. The average molecular weight is 363 g/mol. The summed E-state index contributed by atoms with van der Waals surface area (Å²) >= 11 is 0. The second-order valence-electron chi connectivity index (χ2n) is 7.89. The van der Waals surface area contributed by atoms with Crippen LogP contribution in [0.3, 0.4) is 0 Å². The van der Waals surface area contributed by atoms with Gasteiger partial charge in [-0.25, -0.2) is 0 Å². The number of morpholine rings is 1. The minimum absolute atomic E-state index is 0.126. The summed E-state index contributed by atoms with van der Waals surface area (Å²) in [5.41, 5.74) is 4.47. The smallest absolute Gasteiger partial charge is 0.248 e. The number of benzene rings is 2. The lowest BCUT2D eigenvalue weighted by Crippen LogP contribution is -2.36. The van der Waals surface area contributed by atoms with E-state index >= 15 is 0 Å². The molecule has 4 rings (SSSR count). The van der Waals surface area contributed by atoms with Crippen molar-refractivity contribution >= 4 is 5.69 Å². The van der Waals surface area contributed by atoms with Crippen LogP contribution in [0.15, 0.2) is 52.9 Å². The minimum Gasteiger partial charge on any atom is -0.416 e. The first kappa shape index (κ1) is 17.7. The summed E-state index contributed by atoms with van der Waals surface area (Å²) < 4.78 is 11.3. The number of aromatic nitrogens is 2. The van der Waals surface area contributed by atoms with Crippen molar-refractivity contribution in [2.24, 2.45) is 0 Å². The van der Waals surface area contributed by atoms with E-state index in [2.05, 4.69) is 60.1 Å². The molecule has 0 N–H and O–H groups in total. The zero-order chi connectivity index (χ0) is 18.9. The molecule has 0 atom stereocenters. The first-order valence-corrected chi connectivity index (χ1v) is 9.38. The number of ether oxygens (including phenoxy) is 1. The van der Waals surface area contributed by atoms with Crippen molar-refractivity contribution < 1.29 is 9.15 Å². The first-order valence-electron chi connectivity index (χ1n) is 9.38. The van der Waals surface area contributed by atoms with Gasteiger partial charge in [0.2, 0.25) is 11.8 Å². The van der Waals surface area contributed by atoms with Crippen molar-refractivity contribution in [2.75, 3.05) is 31.2 Å². The van der Waals surface area contributed by atoms with Crippen LogP contribution in [0.2, 0.25) is 0 Å². The van der Waals surface area contributed by atoms with Crippen LogP contribution >= 0.6 is 0 Å². The van der Waals surface area contributed by atoms with Crippen molar-refractivity contribution in [1.82, 2.24) is 10.2 Å². The topological polar surface area (TPSA) is 51.4 Å². The summed E-state index contributed by atoms with van der Waals surface area (Å²) in [5, 5.41) is 8.45. The molecule has 0 unspecified atom stereocenters. The highest BCUT2D eigenvalue weighted by Crippen LogP contribution is 2.28. The van der Waals surface area contributed by atoms with Crippen molar-refractivity contribution in [3.63, 3.8) is 0 Å². The van der Waals surface area contributed by atoms with Crippen molar-refractivity contribution in [1.29, 1.82) is 0 Å². The summed E-state index contributed by atoms with van der Waals surface area (Å²) in [6.45, 7) is 10.0. The Bertz CT molecular complexity index is 887. The SMILES string of the molecule is CC(C)(C)c1ccc(-c2nnc(-c3ccc(N4CCOCC4)cc3)o2)cc1. The molecule has 27 heavy (non-hydrogen) atoms. The molecule has 0 saturated carbocycles. The van der Waals surface area contributed by atoms with Gasteiger partial charge < -0.3 is 14.1 Å². The molecule has 5 heteroatoms. The summed E-state index contributed by atoms with van der Waals surface area (Å²) in [6.07, 6.45) is 0. The summed E-state index contributed by atoms with van der Waals surface area (Å²) in [4.78, 5) is 2.32. The summed E-state index contributed by atoms with van der Waals surface area (Å²) in [7, 11) is 0. The number of anilines is 1. The predicted octanol–water partition coefficient (Wildman–Crippen LogP) is 4.54. The Labute approximate surface area is 160 Å². The van der Waals surface area contributed by atoms with E-state index in [1.165, 1.54) is 11.3 Å². The van der Waals surface area contributed by atoms with Gasteiger partial charge in [0.05, 0.1) is 13.2 Å². The summed E-state index contributed by atoms with van der Waals surface area (Å²) in [6, 6.07) is 16.6. The molecule has 1 aliphatic rings. The third kappa shape index (κ3) is 3.88. The van der Waals surface area contributed by atoms with Gasteiger partial charge in [0.15, 0.2) is 0 Å². The molecule has 1 fully saturated rings. The molecule has 0 radical (unpaired) electrons. The van der Waals surface area contributed by atoms with Crippen LogP contribution in [0.25, 0.3) is 22.9 Å². The lowest BCUT2D eigenvalue weighted by molar-refractivity contribution is 0.122. The van der Waals surface area contributed by atoms with Crippen LogP contribution in [-0.2, 0) is 10.2 Å².